The topological polar surface area (TPSA) is 35.5 Å². The van der Waals surface area contributed by atoms with Crippen LogP contribution in [-0.4, -0.2) is 24.4 Å². The predicted molar refractivity (Wildman–Crippen MR) is 173 cm³/mol. The lowest BCUT2D eigenvalue weighted by Gasteiger charge is -2.28. The van der Waals surface area contributed by atoms with E-state index in [9.17, 15) is 4.79 Å². The van der Waals surface area contributed by atoms with E-state index in [1.165, 1.54) is 18.2 Å². The molecule has 0 bridgehead atoms. The molecule has 12 heteroatoms. The highest BCUT2D eigenvalue weighted by Crippen LogP contribution is 2.59. The zero-order chi connectivity index (χ0) is 30.5. The molecule has 0 amide bonds. The third-order valence-corrected chi connectivity index (χ3v) is 12.1. The number of ether oxygens (including phenoxy) is 2. The Morgan fingerprint density at radius 3 is 2.24 bits per heavy atom. The van der Waals surface area contributed by atoms with Crippen LogP contribution >= 0.6 is 77.3 Å². The zero-order valence-corrected chi connectivity index (χ0v) is 27.8. The third-order valence-electron chi connectivity index (χ3n) is 5.95. The van der Waals surface area contributed by atoms with Crippen LogP contribution in [-0.2, 0) is 10.4 Å². The summed E-state index contributed by atoms with van der Waals surface area (Å²) in [6.07, 6.45) is 4.90. The van der Waals surface area contributed by atoms with Gasteiger partial charge in [0.2, 0.25) is 0 Å². The van der Waals surface area contributed by atoms with Crippen LogP contribution in [0.4, 0.5) is 8.78 Å². The number of allylic oxidation sites excluding steroid dienone is 2. The van der Waals surface area contributed by atoms with Gasteiger partial charge in [-0.2, -0.15) is 8.78 Å². The largest absolute Gasteiger partial charge is 0.496 e. The van der Waals surface area contributed by atoms with Crippen molar-refractivity contribution < 1.29 is 23.0 Å². The van der Waals surface area contributed by atoms with Gasteiger partial charge in [-0.15, -0.1) is 17.9 Å². The van der Waals surface area contributed by atoms with Crippen molar-refractivity contribution in [2.45, 2.75) is 51.3 Å². The number of hydrogen-bond donors (Lipinski definition) is 0. The van der Waals surface area contributed by atoms with Crippen LogP contribution in [0.25, 0.3) is 10.1 Å². The summed E-state index contributed by atoms with van der Waals surface area (Å²) < 4.78 is 43.5. The van der Waals surface area contributed by atoms with Crippen LogP contribution in [0.3, 0.4) is 0 Å². The minimum Gasteiger partial charge on any atom is -0.496 e. The second-order valence-electron chi connectivity index (χ2n) is 9.42. The average Bonchev–Trinajstić information content (AvgIpc) is 3.35. The Hall–Kier alpha value is -1.11. The zero-order valence-electron chi connectivity index (χ0n) is 22.3. The molecule has 0 radical (unpaired) electrons. The molecule has 1 unspecified atom stereocenters. The number of carbonyl (C=O) groups excluding carboxylic acids is 1. The SMILES string of the molecule is C=CCCCP(CCCC(=C)OC(C)C)C(F)(F)c1ccc2sc(C(=O)Oc3c(Cl)c(Cl)c(Cl)c(Cl)c3Cl)cc2c1. The molecule has 3 aromatic rings. The summed E-state index contributed by atoms with van der Waals surface area (Å²) in [5.74, 6) is -0.434. The van der Waals surface area contributed by atoms with E-state index >= 15 is 8.78 Å². The molecular weight excluding hydrogens is 675 g/mol. The monoisotopic (exact) mass is 700 g/mol. The second-order valence-corrected chi connectivity index (χ2v) is 14.9. The molecule has 1 atom stereocenters. The quantitative estimate of drug-likeness (QED) is 0.0245. The second kappa shape index (κ2) is 15.1. The fourth-order valence-electron chi connectivity index (χ4n) is 4.01. The lowest BCUT2D eigenvalue weighted by Crippen LogP contribution is -2.15. The van der Waals surface area contributed by atoms with Crippen molar-refractivity contribution in [3.63, 3.8) is 0 Å². The van der Waals surface area contributed by atoms with Crippen molar-refractivity contribution >= 4 is 93.3 Å². The Morgan fingerprint density at radius 1 is 1.02 bits per heavy atom. The first kappa shape index (κ1) is 34.4. The highest BCUT2D eigenvalue weighted by atomic mass is 35.5. The summed E-state index contributed by atoms with van der Waals surface area (Å²) in [5.41, 5.74) is -3.13. The molecule has 0 fully saturated rings. The summed E-state index contributed by atoms with van der Waals surface area (Å²) >= 11 is 31.6. The minimum absolute atomic E-state index is 0.00619. The third kappa shape index (κ3) is 8.50. The van der Waals surface area contributed by atoms with Gasteiger partial charge in [0.25, 0.3) is 5.66 Å². The molecule has 1 heterocycles. The van der Waals surface area contributed by atoms with Gasteiger partial charge in [-0.1, -0.05) is 76.7 Å². The van der Waals surface area contributed by atoms with Gasteiger partial charge in [-0.25, -0.2) is 4.79 Å². The van der Waals surface area contributed by atoms with Crippen molar-refractivity contribution in [3.8, 4) is 5.75 Å². The molecule has 222 valence electrons. The van der Waals surface area contributed by atoms with Crippen molar-refractivity contribution in [1.82, 2.24) is 0 Å². The Morgan fingerprint density at radius 2 is 1.63 bits per heavy atom. The number of thiophene rings is 1. The fourth-order valence-corrected chi connectivity index (χ4v) is 8.52. The number of alkyl halides is 2. The lowest BCUT2D eigenvalue weighted by atomic mass is 10.1. The van der Waals surface area contributed by atoms with Crippen LogP contribution in [0.15, 0.2) is 49.3 Å². The molecule has 0 aliphatic carbocycles. The minimum atomic E-state index is -3.04. The molecule has 0 aliphatic rings. The van der Waals surface area contributed by atoms with Crippen LogP contribution in [0.2, 0.25) is 25.1 Å². The number of carbonyl (C=O) groups is 1. The molecule has 2 aromatic carbocycles. The van der Waals surface area contributed by atoms with Crippen molar-refractivity contribution in [2.24, 2.45) is 0 Å². The highest BCUT2D eigenvalue weighted by Gasteiger charge is 2.40. The maximum atomic E-state index is 16.0. The molecule has 0 aliphatic heterocycles. The smallest absolute Gasteiger partial charge is 0.353 e. The van der Waals surface area contributed by atoms with Crippen LogP contribution in [0, 0.1) is 0 Å². The lowest BCUT2D eigenvalue weighted by molar-refractivity contribution is 0.0740. The molecule has 41 heavy (non-hydrogen) atoms. The summed E-state index contributed by atoms with van der Waals surface area (Å²) in [6, 6.07) is 5.94. The predicted octanol–water partition coefficient (Wildman–Crippen LogP) is 12.6. The van der Waals surface area contributed by atoms with Gasteiger partial charge in [0.1, 0.15) is 14.9 Å². The number of benzene rings is 2. The average molecular weight is 703 g/mol. The number of esters is 1. The van der Waals surface area contributed by atoms with Gasteiger partial charge < -0.3 is 9.47 Å². The van der Waals surface area contributed by atoms with Gasteiger partial charge in [0.15, 0.2) is 5.75 Å². The van der Waals surface area contributed by atoms with E-state index in [-0.39, 0.29) is 47.4 Å². The highest BCUT2D eigenvalue weighted by molar-refractivity contribution is 7.58. The fraction of sp³-hybridized carbons (Fsp3) is 0.345. The molecule has 3 nitrogen and oxygen atoms in total. The van der Waals surface area contributed by atoms with Crippen LogP contribution in [0.1, 0.15) is 54.8 Å². The number of rotatable bonds is 14. The van der Waals surface area contributed by atoms with E-state index in [1.54, 1.807) is 12.1 Å². The van der Waals surface area contributed by atoms with Gasteiger partial charge in [0.05, 0.1) is 26.9 Å². The Labute approximate surface area is 269 Å². The van der Waals surface area contributed by atoms with Crippen LogP contribution in [0.5, 0.6) is 5.75 Å². The van der Waals surface area contributed by atoms with Gasteiger partial charge in [0, 0.05) is 16.7 Å². The molecule has 0 saturated heterocycles. The summed E-state index contributed by atoms with van der Waals surface area (Å²) in [4.78, 5) is 13.1. The number of hydrogen-bond acceptors (Lipinski definition) is 4. The maximum absolute atomic E-state index is 16.0. The van der Waals surface area contributed by atoms with Crippen molar-refractivity contribution in [1.29, 1.82) is 0 Å². The van der Waals surface area contributed by atoms with E-state index in [0.717, 1.165) is 11.3 Å². The number of fused-ring (bicyclic) bond motifs is 1. The summed E-state index contributed by atoms with van der Waals surface area (Å²) in [7, 11) is -1.68. The van der Waals surface area contributed by atoms with E-state index < -0.39 is 19.6 Å². The van der Waals surface area contributed by atoms with Crippen LogP contribution < -0.4 is 4.74 Å². The molecule has 1 aromatic heterocycles. The van der Waals surface area contributed by atoms with E-state index in [2.05, 4.69) is 13.2 Å². The first-order chi connectivity index (χ1) is 19.3. The first-order valence-corrected chi connectivity index (χ1v) is 17.1. The van der Waals surface area contributed by atoms with Gasteiger partial charge in [-0.3, -0.25) is 0 Å². The molecule has 0 spiro atoms. The molecule has 0 N–H and O–H groups in total. The first-order valence-electron chi connectivity index (χ1n) is 12.6. The Kier molecular flexibility index (Phi) is 12.6. The maximum Gasteiger partial charge on any atom is 0.353 e. The van der Waals surface area contributed by atoms with Gasteiger partial charge >= 0.3 is 5.97 Å². The van der Waals surface area contributed by atoms with Crippen molar-refractivity contribution in [3.05, 3.63) is 84.8 Å². The van der Waals surface area contributed by atoms with E-state index in [0.29, 0.717) is 53.9 Å². The summed E-state index contributed by atoms with van der Waals surface area (Å²) in [6.45, 7) is 11.4. The van der Waals surface area contributed by atoms with Crippen molar-refractivity contribution in [2.75, 3.05) is 12.3 Å². The molecule has 0 saturated carbocycles. The standard InChI is InChI=1S/C29H28Cl5F2O3PS/c1-5-6-7-12-40(13-8-9-17(4)38-16(2)3)29(35,36)19-10-11-20-18(14-19)15-21(41-20)28(37)39-27-25(33)23(31)22(30)24(32)26(27)34/h5,10-11,14-16H,1,4,6-9,12-13H2,2-3H3. The Bertz CT molecular complexity index is 1410. The van der Waals surface area contributed by atoms with E-state index in [1.807, 2.05) is 13.8 Å². The number of halogens is 7. The summed E-state index contributed by atoms with van der Waals surface area (Å²) in [5, 5.41) is -0.164. The normalized spacial score (nSPS) is 12.5. The van der Waals surface area contributed by atoms with E-state index in [4.69, 9.17) is 67.5 Å². The molecular formula is C29H28Cl5F2O3PS. The number of unbranched alkanes of at least 4 members (excludes halogenated alkanes) is 1. The molecule has 3 rings (SSSR count). The van der Waals surface area contributed by atoms with Gasteiger partial charge in [-0.05, 0) is 76.9 Å². The Balaban J connectivity index is 1.84.